The summed E-state index contributed by atoms with van der Waals surface area (Å²) in [6, 6.07) is 12.9. The summed E-state index contributed by atoms with van der Waals surface area (Å²) < 4.78 is 5.34. The third-order valence-corrected chi connectivity index (χ3v) is 3.44. The molecule has 3 aromatic rings. The smallest absolute Gasteiger partial charge is 0.156 e. The number of fused-ring (bicyclic) bond motifs is 1. The van der Waals surface area contributed by atoms with Gasteiger partial charge in [0.2, 0.25) is 0 Å². The predicted octanol–water partition coefficient (Wildman–Crippen LogP) is 4.61. The van der Waals surface area contributed by atoms with Gasteiger partial charge in [-0.1, -0.05) is 35.3 Å². The van der Waals surface area contributed by atoms with Crippen LogP contribution < -0.4 is 4.74 Å². The van der Waals surface area contributed by atoms with E-state index in [-0.39, 0.29) is 0 Å². The Kier molecular flexibility index (Phi) is 3.47. The van der Waals surface area contributed by atoms with Crippen LogP contribution in [-0.2, 0) is 0 Å². The van der Waals surface area contributed by atoms with Crippen LogP contribution in [0.25, 0.3) is 22.3 Å². The van der Waals surface area contributed by atoms with Crippen LogP contribution in [0.2, 0.25) is 10.2 Å². The van der Waals surface area contributed by atoms with E-state index < -0.39 is 0 Å². The van der Waals surface area contributed by atoms with Crippen molar-refractivity contribution in [2.75, 3.05) is 7.11 Å². The Morgan fingerprint density at radius 3 is 2.35 bits per heavy atom. The first kappa shape index (κ1) is 13.2. The van der Waals surface area contributed by atoms with Crippen LogP contribution in [0, 0.1) is 0 Å². The molecule has 5 heteroatoms. The number of benzene rings is 2. The van der Waals surface area contributed by atoms with Crippen molar-refractivity contribution in [1.29, 1.82) is 0 Å². The molecule has 1 aromatic heterocycles. The zero-order valence-corrected chi connectivity index (χ0v) is 12.1. The van der Waals surface area contributed by atoms with Crippen molar-refractivity contribution in [3.8, 4) is 17.0 Å². The van der Waals surface area contributed by atoms with E-state index in [1.807, 2.05) is 24.3 Å². The third kappa shape index (κ3) is 2.30. The van der Waals surface area contributed by atoms with Gasteiger partial charge in [-0.25, -0.2) is 9.97 Å². The first-order chi connectivity index (χ1) is 9.69. The summed E-state index contributed by atoms with van der Waals surface area (Å²) in [7, 11) is 1.59. The van der Waals surface area contributed by atoms with E-state index >= 15 is 0 Å². The van der Waals surface area contributed by atoms with Gasteiger partial charge in [-0.05, 0) is 30.3 Å². The topological polar surface area (TPSA) is 35.0 Å². The number of hydrogen-bond donors (Lipinski definition) is 0. The minimum Gasteiger partial charge on any atom is -0.496 e. The summed E-state index contributed by atoms with van der Waals surface area (Å²) in [5, 5.41) is 0.913. The van der Waals surface area contributed by atoms with Crippen molar-refractivity contribution in [2.24, 2.45) is 0 Å². The largest absolute Gasteiger partial charge is 0.496 e. The number of halogens is 2. The van der Waals surface area contributed by atoms with E-state index in [4.69, 9.17) is 27.9 Å². The highest BCUT2D eigenvalue weighted by Gasteiger charge is 2.14. The molecule has 100 valence electrons. The number of hydrogen-bond acceptors (Lipinski definition) is 3. The van der Waals surface area contributed by atoms with Gasteiger partial charge in [-0.2, -0.15) is 0 Å². The van der Waals surface area contributed by atoms with Crippen LogP contribution >= 0.6 is 23.2 Å². The fourth-order valence-electron chi connectivity index (χ4n) is 2.02. The minimum absolute atomic E-state index is 0.323. The average molecular weight is 305 g/mol. The van der Waals surface area contributed by atoms with Gasteiger partial charge in [0.1, 0.15) is 11.4 Å². The summed E-state index contributed by atoms with van der Waals surface area (Å²) in [5.41, 5.74) is 2.81. The second-order valence-electron chi connectivity index (χ2n) is 4.20. The number of para-hydroxylation sites is 2. The molecule has 0 saturated heterocycles. The average Bonchev–Trinajstić information content (AvgIpc) is 2.46. The number of aromatic nitrogens is 2. The zero-order chi connectivity index (χ0) is 14.1. The quantitative estimate of drug-likeness (QED) is 0.693. The Hall–Kier alpha value is -1.84. The SMILES string of the molecule is COc1ccc(Cl)cc1-c1nc2ccccc2nc1Cl. The Labute approximate surface area is 126 Å². The van der Waals surface area contributed by atoms with Gasteiger partial charge in [0.05, 0.1) is 18.1 Å². The molecule has 2 aromatic carbocycles. The van der Waals surface area contributed by atoms with E-state index in [1.54, 1.807) is 25.3 Å². The van der Waals surface area contributed by atoms with Crippen molar-refractivity contribution < 1.29 is 4.74 Å². The predicted molar refractivity (Wildman–Crippen MR) is 81.5 cm³/mol. The fourth-order valence-corrected chi connectivity index (χ4v) is 2.42. The van der Waals surface area contributed by atoms with Gasteiger partial charge < -0.3 is 4.74 Å². The van der Waals surface area contributed by atoms with Crippen molar-refractivity contribution in [3.05, 3.63) is 52.6 Å². The maximum Gasteiger partial charge on any atom is 0.156 e. The summed E-state index contributed by atoms with van der Waals surface area (Å²) in [6.07, 6.45) is 0. The molecule has 0 bridgehead atoms. The van der Waals surface area contributed by atoms with Gasteiger partial charge in [0, 0.05) is 10.6 Å². The molecule has 1 heterocycles. The van der Waals surface area contributed by atoms with E-state index in [0.717, 1.165) is 16.6 Å². The molecule has 0 unspecified atom stereocenters. The molecule has 0 saturated carbocycles. The molecule has 0 fully saturated rings. The summed E-state index contributed by atoms with van der Waals surface area (Å²) in [5.74, 6) is 0.654. The summed E-state index contributed by atoms with van der Waals surface area (Å²) in [6.45, 7) is 0. The van der Waals surface area contributed by atoms with Gasteiger partial charge in [0.15, 0.2) is 5.15 Å². The van der Waals surface area contributed by atoms with Crippen molar-refractivity contribution in [3.63, 3.8) is 0 Å². The van der Waals surface area contributed by atoms with Crippen LogP contribution in [0.3, 0.4) is 0 Å². The van der Waals surface area contributed by atoms with Crippen molar-refractivity contribution >= 4 is 34.2 Å². The highest BCUT2D eigenvalue weighted by molar-refractivity contribution is 6.33. The number of rotatable bonds is 2. The van der Waals surface area contributed by atoms with Gasteiger partial charge in [0.25, 0.3) is 0 Å². The van der Waals surface area contributed by atoms with E-state index in [1.165, 1.54) is 0 Å². The number of methoxy groups -OCH3 is 1. The van der Waals surface area contributed by atoms with E-state index in [9.17, 15) is 0 Å². The van der Waals surface area contributed by atoms with Gasteiger partial charge >= 0.3 is 0 Å². The zero-order valence-electron chi connectivity index (χ0n) is 10.6. The second-order valence-corrected chi connectivity index (χ2v) is 4.99. The molecule has 0 atom stereocenters. The summed E-state index contributed by atoms with van der Waals surface area (Å²) in [4.78, 5) is 8.92. The maximum absolute atomic E-state index is 6.25. The van der Waals surface area contributed by atoms with Crippen LogP contribution in [0.15, 0.2) is 42.5 Å². The van der Waals surface area contributed by atoms with Crippen LogP contribution in [-0.4, -0.2) is 17.1 Å². The molecular formula is C15H10Cl2N2O. The van der Waals surface area contributed by atoms with E-state index in [0.29, 0.717) is 21.6 Å². The molecule has 0 N–H and O–H groups in total. The third-order valence-electron chi connectivity index (χ3n) is 2.94. The fraction of sp³-hybridized carbons (Fsp3) is 0.0667. The second kappa shape index (κ2) is 5.27. The molecule has 3 nitrogen and oxygen atoms in total. The lowest BCUT2D eigenvalue weighted by Gasteiger charge is -2.10. The molecule has 0 amide bonds. The standard InChI is InChI=1S/C15H10Cl2N2O/c1-20-13-7-6-9(16)8-10(13)14-15(17)19-12-5-3-2-4-11(12)18-14/h2-8H,1H3. The molecule has 20 heavy (non-hydrogen) atoms. The number of ether oxygens (including phenoxy) is 1. The molecule has 0 aliphatic rings. The van der Waals surface area contributed by atoms with Gasteiger partial charge in [-0.3, -0.25) is 0 Å². The lowest BCUT2D eigenvalue weighted by molar-refractivity contribution is 0.416. The molecule has 0 radical (unpaired) electrons. The van der Waals surface area contributed by atoms with Crippen LogP contribution in [0.5, 0.6) is 5.75 Å². The minimum atomic E-state index is 0.323. The van der Waals surface area contributed by atoms with Crippen molar-refractivity contribution in [2.45, 2.75) is 0 Å². The number of nitrogens with zero attached hydrogens (tertiary/aromatic N) is 2. The van der Waals surface area contributed by atoms with Gasteiger partial charge in [-0.15, -0.1) is 0 Å². The van der Waals surface area contributed by atoms with Crippen LogP contribution in [0.4, 0.5) is 0 Å². The highest BCUT2D eigenvalue weighted by atomic mass is 35.5. The molecular weight excluding hydrogens is 295 g/mol. The lowest BCUT2D eigenvalue weighted by Crippen LogP contribution is -1.94. The van der Waals surface area contributed by atoms with Crippen LogP contribution in [0.1, 0.15) is 0 Å². The highest BCUT2D eigenvalue weighted by Crippen LogP contribution is 2.35. The normalized spacial score (nSPS) is 10.8. The summed E-state index contributed by atoms with van der Waals surface area (Å²) >= 11 is 12.3. The molecule has 0 spiro atoms. The first-order valence-electron chi connectivity index (χ1n) is 5.95. The Balaban J connectivity index is 2.28. The van der Waals surface area contributed by atoms with E-state index in [2.05, 4.69) is 9.97 Å². The maximum atomic E-state index is 6.25. The molecule has 0 aliphatic heterocycles. The monoisotopic (exact) mass is 304 g/mol. The Morgan fingerprint density at radius 2 is 1.65 bits per heavy atom. The Morgan fingerprint density at radius 1 is 0.950 bits per heavy atom. The molecule has 0 aliphatic carbocycles. The molecule has 3 rings (SSSR count). The first-order valence-corrected chi connectivity index (χ1v) is 6.71. The lowest BCUT2D eigenvalue weighted by atomic mass is 10.1. The Bertz CT molecular complexity index is 790. The van der Waals surface area contributed by atoms with Crippen molar-refractivity contribution in [1.82, 2.24) is 9.97 Å².